The number of ether oxygens (including phenoxy) is 1. The fraction of sp³-hybridized carbons (Fsp3) is 0.600. The van der Waals surface area contributed by atoms with E-state index >= 15 is 0 Å². The number of nitrogens with one attached hydrogen (secondary N) is 1. The lowest BCUT2D eigenvalue weighted by Crippen LogP contribution is -2.60. The summed E-state index contributed by atoms with van der Waals surface area (Å²) in [6.45, 7) is 1.79. The number of H-pyrrole nitrogens is 1. The summed E-state index contributed by atoms with van der Waals surface area (Å²) in [7, 11) is 0. The predicted octanol–water partition coefficient (Wildman–Crippen LogP) is 2.82. The number of likely N-dealkylation sites (tertiary alicyclic amines) is 1. The monoisotopic (exact) mass is 623 g/mol. The second-order valence-corrected chi connectivity index (χ2v) is 10.8. The van der Waals surface area contributed by atoms with Crippen molar-refractivity contribution >= 4 is 35.4 Å². The van der Waals surface area contributed by atoms with Gasteiger partial charge in [-0.25, -0.2) is 18.7 Å². The number of nitrogens with two attached hydrogens (primary N) is 1. The summed E-state index contributed by atoms with van der Waals surface area (Å²) in [6.07, 6.45) is -3.66. The average molecular weight is 624 g/mol. The molecule has 232 valence electrons. The molecule has 11 nitrogen and oxygen atoms in total. The van der Waals surface area contributed by atoms with E-state index in [2.05, 4.69) is 25.0 Å². The number of anilines is 2. The number of hydrogen-bond donors (Lipinski definition) is 3. The number of piperidine rings is 1. The van der Waals surface area contributed by atoms with Crippen molar-refractivity contribution in [1.82, 2.24) is 25.0 Å². The molecule has 1 aromatic heterocycles. The van der Waals surface area contributed by atoms with E-state index in [0.29, 0.717) is 24.1 Å². The van der Waals surface area contributed by atoms with Crippen molar-refractivity contribution in [2.75, 3.05) is 50.0 Å². The summed E-state index contributed by atoms with van der Waals surface area (Å²) in [5.74, 6) is -5.05. The van der Waals surface area contributed by atoms with Gasteiger partial charge >= 0.3 is 12.1 Å². The standard InChI is InChI=1S/C23H30ClF2N7O2.C2HF3O2/c24-16-3-1-15(2-4-16)11-18-13-35-19(20(34)32-10-7-23(25,26)14-32)12-33(18)17-5-8-31(9-6-17)22-28-21(27)29-30-22;3-2(4,5)1(6)7/h1-4,17-19H,5-14H2,(H3,27,28,29,30);(H,6,7)/t18-,19+;/m0./s1. The third-order valence-corrected chi connectivity index (χ3v) is 7.68. The number of nitrogen functional groups attached to an aromatic ring is 1. The van der Waals surface area contributed by atoms with E-state index in [-0.39, 0.29) is 36.9 Å². The first-order chi connectivity index (χ1) is 19.7. The largest absolute Gasteiger partial charge is 0.490 e. The molecule has 1 amide bonds. The van der Waals surface area contributed by atoms with Gasteiger partial charge in [0.1, 0.15) is 6.10 Å². The molecule has 0 saturated carbocycles. The van der Waals surface area contributed by atoms with Crippen molar-refractivity contribution in [3.8, 4) is 0 Å². The van der Waals surface area contributed by atoms with Crippen molar-refractivity contribution < 1.29 is 41.4 Å². The molecule has 4 N–H and O–H groups in total. The first-order valence-corrected chi connectivity index (χ1v) is 13.6. The van der Waals surface area contributed by atoms with Gasteiger partial charge in [-0.2, -0.15) is 18.2 Å². The molecule has 2 atom stereocenters. The number of carboxylic acid groups (broad SMARTS) is 1. The molecule has 0 radical (unpaired) electrons. The van der Waals surface area contributed by atoms with Crippen LogP contribution in [-0.4, -0.2) is 112 Å². The fourth-order valence-corrected chi connectivity index (χ4v) is 5.44. The zero-order chi connectivity index (χ0) is 30.7. The van der Waals surface area contributed by atoms with Crippen molar-refractivity contribution in [2.45, 2.75) is 56.0 Å². The number of alkyl halides is 5. The molecule has 3 saturated heterocycles. The normalized spacial score (nSPS) is 23.4. The molecule has 1 aromatic carbocycles. The molecule has 42 heavy (non-hydrogen) atoms. The number of hydrogen-bond acceptors (Lipinski definition) is 8. The minimum Gasteiger partial charge on any atom is -0.475 e. The Kier molecular flexibility index (Phi) is 9.77. The number of benzene rings is 1. The van der Waals surface area contributed by atoms with Gasteiger partial charge in [0.25, 0.3) is 11.8 Å². The highest BCUT2D eigenvalue weighted by molar-refractivity contribution is 6.30. The van der Waals surface area contributed by atoms with Gasteiger partial charge < -0.3 is 25.4 Å². The number of nitrogens with zero attached hydrogens (tertiary/aromatic N) is 5. The third-order valence-electron chi connectivity index (χ3n) is 7.43. The number of morpholine rings is 1. The molecule has 0 aliphatic carbocycles. The lowest BCUT2D eigenvalue weighted by molar-refractivity contribution is -0.192. The Balaban J connectivity index is 0.000000517. The van der Waals surface area contributed by atoms with Crippen molar-refractivity contribution in [1.29, 1.82) is 0 Å². The van der Waals surface area contributed by atoms with Crippen LogP contribution in [0, 0.1) is 0 Å². The van der Waals surface area contributed by atoms with Crippen molar-refractivity contribution in [2.24, 2.45) is 0 Å². The van der Waals surface area contributed by atoms with E-state index in [1.54, 1.807) is 0 Å². The molecule has 0 spiro atoms. The van der Waals surface area contributed by atoms with Crippen LogP contribution >= 0.6 is 11.6 Å². The first kappa shape index (κ1) is 31.7. The van der Waals surface area contributed by atoms with E-state index in [1.807, 2.05) is 24.3 Å². The Labute approximate surface area is 242 Å². The third kappa shape index (κ3) is 8.19. The zero-order valence-corrected chi connectivity index (χ0v) is 23.1. The van der Waals surface area contributed by atoms with Gasteiger partial charge in [0.15, 0.2) is 0 Å². The van der Waals surface area contributed by atoms with Crippen LogP contribution in [0.1, 0.15) is 24.8 Å². The Morgan fingerprint density at radius 2 is 1.81 bits per heavy atom. The molecule has 5 rings (SSSR count). The molecule has 3 fully saturated rings. The molecule has 0 bridgehead atoms. The molecule has 3 aliphatic rings. The minimum absolute atomic E-state index is 0.0657. The van der Waals surface area contributed by atoms with Crippen LogP contribution in [0.25, 0.3) is 0 Å². The molecule has 4 heterocycles. The molecule has 17 heteroatoms. The minimum atomic E-state index is -5.08. The molecular formula is C25H31ClF5N7O4. The van der Waals surface area contributed by atoms with Crippen LogP contribution in [-0.2, 0) is 20.7 Å². The number of carboxylic acids is 1. The van der Waals surface area contributed by atoms with Gasteiger partial charge in [0.05, 0.1) is 13.2 Å². The summed E-state index contributed by atoms with van der Waals surface area (Å²) in [5.41, 5.74) is 6.80. The Hall–Kier alpha value is -3.24. The lowest BCUT2D eigenvalue weighted by Gasteiger charge is -2.46. The van der Waals surface area contributed by atoms with Crippen LogP contribution in [0.2, 0.25) is 5.02 Å². The van der Waals surface area contributed by atoms with E-state index < -0.39 is 30.7 Å². The van der Waals surface area contributed by atoms with Gasteiger partial charge in [0, 0.05) is 49.7 Å². The van der Waals surface area contributed by atoms with Crippen LogP contribution in [0.4, 0.5) is 33.8 Å². The second-order valence-electron chi connectivity index (χ2n) is 10.4. The van der Waals surface area contributed by atoms with Gasteiger partial charge in [-0.15, -0.1) is 5.10 Å². The van der Waals surface area contributed by atoms with Crippen molar-refractivity contribution in [3.63, 3.8) is 0 Å². The number of aromatic nitrogens is 3. The highest BCUT2D eigenvalue weighted by Crippen LogP contribution is 2.30. The Bertz CT molecular complexity index is 1220. The van der Waals surface area contributed by atoms with E-state index in [0.717, 1.165) is 37.9 Å². The maximum absolute atomic E-state index is 13.7. The number of halogens is 6. The topological polar surface area (TPSA) is 141 Å². The fourth-order valence-electron chi connectivity index (χ4n) is 5.31. The smallest absolute Gasteiger partial charge is 0.475 e. The van der Waals surface area contributed by atoms with Gasteiger partial charge in [-0.05, 0) is 37.0 Å². The number of carbonyl (C=O) groups excluding carboxylic acids is 1. The van der Waals surface area contributed by atoms with Gasteiger partial charge in [0.2, 0.25) is 11.9 Å². The summed E-state index contributed by atoms with van der Waals surface area (Å²) < 4.78 is 65.2. The van der Waals surface area contributed by atoms with Crippen LogP contribution in [0.15, 0.2) is 24.3 Å². The predicted molar refractivity (Wildman–Crippen MR) is 141 cm³/mol. The summed E-state index contributed by atoms with van der Waals surface area (Å²) in [4.78, 5) is 31.8. The van der Waals surface area contributed by atoms with Crippen molar-refractivity contribution in [3.05, 3.63) is 34.9 Å². The van der Waals surface area contributed by atoms with Crippen LogP contribution in [0.3, 0.4) is 0 Å². The van der Waals surface area contributed by atoms with Gasteiger partial charge in [-0.3, -0.25) is 9.69 Å². The SMILES string of the molecule is Nc1nc(N2CCC(N3C[C@H](C(=O)N4CCC(F)(F)C4)OC[C@@H]3Cc3ccc(Cl)cc3)CC2)n[nH]1.O=C(O)C(F)(F)F. The maximum Gasteiger partial charge on any atom is 0.490 e. The first-order valence-electron chi connectivity index (χ1n) is 13.2. The average Bonchev–Trinajstić information content (AvgIpc) is 3.54. The molecule has 0 unspecified atom stereocenters. The maximum atomic E-state index is 13.7. The number of rotatable bonds is 5. The number of carbonyl (C=O) groups is 2. The Morgan fingerprint density at radius 3 is 2.33 bits per heavy atom. The number of aromatic amines is 1. The number of aliphatic carboxylic acids is 1. The number of amides is 1. The van der Waals surface area contributed by atoms with E-state index in [9.17, 15) is 26.7 Å². The quantitative estimate of drug-likeness (QED) is 0.429. The summed E-state index contributed by atoms with van der Waals surface area (Å²) in [5, 5.41) is 14.6. The van der Waals surface area contributed by atoms with E-state index in [4.69, 9.17) is 32.0 Å². The van der Waals surface area contributed by atoms with Crippen LogP contribution < -0.4 is 10.6 Å². The summed E-state index contributed by atoms with van der Waals surface area (Å²) in [6, 6.07) is 8.02. The zero-order valence-electron chi connectivity index (χ0n) is 22.4. The molecular weight excluding hydrogens is 593 g/mol. The van der Waals surface area contributed by atoms with Crippen LogP contribution in [0.5, 0.6) is 0 Å². The second kappa shape index (κ2) is 13.0. The molecule has 3 aliphatic heterocycles. The highest BCUT2D eigenvalue weighted by atomic mass is 35.5. The van der Waals surface area contributed by atoms with Gasteiger partial charge in [-0.1, -0.05) is 23.7 Å². The Morgan fingerprint density at radius 1 is 1.17 bits per heavy atom. The lowest BCUT2D eigenvalue weighted by atomic mass is 9.96. The molecule has 2 aromatic rings. The van der Waals surface area contributed by atoms with E-state index in [1.165, 1.54) is 4.90 Å². The summed E-state index contributed by atoms with van der Waals surface area (Å²) >= 11 is 6.05. The highest BCUT2D eigenvalue weighted by Gasteiger charge is 2.45.